The van der Waals surface area contributed by atoms with Crippen LogP contribution in [-0.4, -0.2) is 17.5 Å². The maximum absolute atomic E-state index is 6.22. The Hall–Kier alpha value is -3.39. The van der Waals surface area contributed by atoms with Gasteiger partial charge in [0, 0.05) is 17.7 Å². The average molecular weight is 336 g/mol. The third-order valence-corrected chi connectivity index (χ3v) is 4.86. The largest absolute Gasteiger partial charge is 0.434 e. The average Bonchev–Trinajstić information content (AvgIpc) is 2.73. The van der Waals surface area contributed by atoms with Crippen LogP contribution >= 0.6 is 0 Å². The molecule has 0 aromatic heterocycles. The van der Waals surface area contributed by atoms with Gasteiger partial charge < -0.3 is 4.74 Å². The summed E-state index contributed by atoms with van der Waals surface area (Å²) in [6.07, 6.45) is 2.17. The van der Waals surface area contributed by atoms with Gasteiger partial charge in [-0.2, -0.15) is 4.58 Å². The van der Waals surface area contributed by atoms with E-state index in [1.165, 1.54) is 16.3 Å². The predicted octanol–water partition coefficient (Wildman–Crippen LogP) is 5.62. The van der Waals surface area contributed by atoms with Crippen LogP contribution in [0.5, 0.6) is 5.75 Å². The third kappa shape index (κ3) is 2.47. The van der Waals surface area contributed by atoms with E-state index in [0.717, 1.165) is 22.6 Å². The molecule has 1 aliphatic heterocycles. The van der Waals surface area contributed by atoms with Crippen LogP contribution in [0.2, 0.25) is 0 Å². The van der Waals surface area contributed by atoms with E-state index in [-0.39, 0.29) is 0 Å². The molecule has 0 fully saturated rings. The number of benzene rings is 4. The van der Waals surface area contributed by atoms with Crippen LogP contribution < -0.4 is 4.74 Å². The highest BCUT2D eigenvalue weighted by molar-refractivity contribution is 5.99. The van der Waals surface area contributed by atoms with Gasteiger partial charge in [-0.25, -0.2) is 0 Å². The van der Waals surface area contributed by atoms with Crippen molar-refractivity contribution in [2.75, 3.05) is 6.73 Å². The molecule has 0 bridgehead atoms. The van der Waals surface area contributed by atoms with E-state index in [1.54, 1.807) is 0 Å². The fraction of sp³-hybridized carbons (Fsp3) is 0.0417. The fourth-order valence-electron chi connectivity index (χ4n) is 3.60. The summed E-state index contributed by atoms with van der Waals surface area (Å²) >= 11 is 0. The first kappa shape index (κ1) is 14.9. The molecular formula is C24H18NO+. The zero-order chi connectivity index (χ0) is 17.3. The lowest BCUT2D eigenvalue weighted by molar-refractivity contribution is -0.476. The van der Waals surface area contributed by atoms with Gasteiger partial charge >= 0.3 is 0 Å². The molecule has 5 rings (SSSR count). The van der Waals surface area contributed by atoms with Crippen molar-refractivity contribution in [1.82, 2.24) is 0 Å². The van der Waals surface area contributed by atoms with Crippen LogP contribution in [0.3, 0.4) is 0 Å². The Morgan fingerprint density at radius 3 is 2.31 bits per heavy atom. The van der Waals surface area contributed by atoms with Crippen molar-refractivity contribution in [1.29, 1.82) is 0 Å². The SMILES string of the molecule is C1=[N+](c2ccccc2)COc2c1cccc2-c1cccc2ccccc12. The topological polar surface area (TPSA) is 12.2 Å². The quantitative estimate of drug-likeness (QED) is 0.433. The van der Waals surface area contributed by atoms with Crippen molar-refractivity contribution in [2.24, 2.45) is 0 Å². The summed E-state index contributed by atoms with van der Waals surface area (Å²) in [5.41, 5.74) is 4.59. The smallest absolute Gasteiger partial charge is 0.292 e. The summed E-state index contributed by atoms with van der Waals surface area (Å²) in [6, 6.07) is 31.6. The van der Waals surface area contributed by atoms with Crippen molar-refractivity contribution in [2.45, 2.75) is 0 Å². The maximum atomic E-state index is 6.22. The lowest BCUT2D eigenvalue weighted by Crippen LogP contribution is -2.21. The fourth-order valence-corrected chi connectivity index (χ4v) is 3.60. The standard InChI is InChI=1S/C24H18NO/c1-2-11-20(12-3-1)25-16-19-10-7-15-23(24(19)26-17-25)22-14-6-9-18-8-4-5-13-21(18)22/h1-16H,17H2/q+1. The molecule has 124 valence electrons. The molecule has 0 radical (unpaired) electrons. The van der Waals surface area contributed by atoms with Crippen molar-refractivity contribution >= 4 is 22.7 Å². The minimum atomic E-state index is 0.513. The molecule has 4 aromatic rings. The maximum Gasteiger partial charge on any atom is 0.292 e. The zero-order valence-corrected chi connectivity index (χ0v) is 14.3. The van der Waals surface area contributed by atoms with E-state index in [1.807, 2.05) is 18.2 Å². The molecule has 0 spiro atoms. The number of nitrogens with zero attached hydrogens (tertiary/aromatic N) is 1. The Kier molecular flexibility index (Phi) is 3.53. The molecule has 0 aliphatic carbocycles. The molecule has 0 N–H and O–H groups in total. The lowest BCUT2D eigenvalue weighted by atomic mass is 9.96. The number of ether oxygens (including phenoxy) is 1. The van der Waals surface area contributed by atoms with Crippen molar-refractivity contribution in [3.05, 3.63) is 96.6 Å². The van der Waals surface area contributed by atoms with E-state index in [0.29, 0.717) is 6.73 Å². The van der Waals surface area contributed by atoms with Crippen LogP contribution in [0.25, 0.3) is 21.9 Å². The first-order chi connectivity index (χ1) is 12.9. The molecule has 2 heteroatoms. The molecule has 0 saturated carbocycles. The van der Waals surface area contributed by atoms with Crippen LogP contribution in [0.4, 0.5) is 5.69 Å². The first-order valence-electron chi connectivity index (χ1n) is 8.81. The molecule has 0 unspecified atom stereocenters. The molecule has 4 aromatic carbocycles. The minimum Gasteiger partial charge on any atom is -0.434 e. The molecule has 0 saturated heterocycles. The molecule has 1 heterocycles. The van der Waals surface area contributed by atoms with Crippen LogP contribution in [-0.2, 0) is 0 Å². The number of para-hydroxylation sites is 2. The van der Waals surface area contributed by atoms with Gasteiger partial charge in [0.2, 0.25) is 5.69 Å². The number of hydrogen-bond acceptors (Lipinski definition) is 1. The van der Waals surface area contributed by atoms with E-state index in [2.05, 4.69) is 83.6 Å². The van der Waals surface area contributed by atoms with Crippen LogP contribution in [0.15, 0.2) is 91.0 Å². The third-order valence-electron chi connectivity index (χ3n) is 4.86. The van der Waals surface area contributed by atoms with Crippen LogP contribution in [0.1, 0.15) is 5.56 Å². The molecule has 0 atom stereocenters. The summed E-state index contributed by atoms with van der Waals surface area (Å²) in [5.74, 6) is 0.955. The summed E-state index contributed by atoms with van der Waals surface area (Å²) in [5, 5.41) is 2.49. The van der Waals surface area contributed by atoms with Gasteiger partial charge in [0.05, 0.1) is 5.56 Å². The van der Waals surface area contributed by atoms with Gasteiger partial charge in [-0.3, -0.25) is 0 Å². The van der Waals surface area contributed by atoms with E-state index >= 15 is 0 Å². The van der Waals surface area contributed by atoms with E-state index in [4.69, 9.17) is 4.74 Å². The summed E-state index contributed by atoms with van der Waals surface area (Å²) in [7, 11) is 0. The van der Waals surface area contributed by atoms with Gasteiger partial charge in [-0.15, -0.1) is 0 Å². The highest BCUT2D eigenvalue weighted by Gasteiger charge is 2.22. The predicted molar refractivity (Wildman–Crippen MR) is 106 cm³/mol. The Morgan fingerprint density at radius 2 is 1.38 bits per heavy atom. The molecule has 1 aliphatic rings. The Bertz CT molecular complexity index is 1120. The van der Waals surface area contributed by atoms with Crippen LogP contribution in [0, 0.1) is 0 Å². The van der Waals surface area contributed by atoms with E-state index in [9.17, 15) is 0 Å². The highest BCUT2D eigenvalue weighted by atomic mass is 16.5. The number of rotatable bonds is 2. The van der Waals surface area contributed by atoms with Gasteiger partial charge in [0.15, 0.2) is 6.21 Å². The molecule has 26 heavy (non-hydrogen) atoms. The minimum absolute atomic E-state index is 0.513. The molecule has 0 amide bonds. The Labute approximate surface area is 152 Å². The summed E-state index contributed by atoms with van der Waals surface area (Å²) in [4.78, 5) is 0. The second kappa shape index (κ2) is 6.16. The molecule has 2 nitrogen and oxygen atoms in total. The van der Waals surface area contributed by atoms with E-state index < -0.39 is 0 Å². The number of hydrogen-bond donors (Lipinski definition) is 0. The van der Waals surface area contributed by atoms with Crippen molar-refractivity contribution < 1.29 is 9.31 Å². The van der Waals surface area contributed by atoms with Gasteiger partial charge in [-0.05, 0) is 22.4 Å². The van der Waals surface area contributed by atoms with Gasteiger partial charge in [0.25, 0.3) is 6.73 Å². The Balaban J connectivity index is 1.67. The normalized spacial score (nSPS) is 13.0. The lowest BCUT2D eigenvalue weighted by Gasteiger charge is -2.18. The van der Waals surface area contributed by atoms with Gasteiger partial charge in [-0.1, -0.05) is 72.8 Å². The second-order valence-corrected chi connectivity index (χ2v) is 6.46. The summed E-state index contributed by atoms with van der Waals surface area (Å²) < 4.78 is 8.35. The number of fused-ring (bicyclic) bond motifs is 2. The first-order valence-corrected chi connectivity index (χ1v) is 8.81. The van der Waals surface area contributed by atoms with Gasteiger partial charge in [0.1, 0.15) is 5.75 Å². The van der Waals surface area contributed by atoms with Crippen molar-refractivity contribution in [3.63, 3.8) is 0 Å². The zero-order valence-electron chi connectivity index (χ0n) is 14.3. The summed E-state index contributed by atoms with van der Waals surface area (Å²) in [6.45, 7) is 0.513. The van der Waals surface area contributed by atoms with Crippen molar-refractivity contribution in [3.8, 4) is 16.9 Å². The monoisotopic (exact) mass is 336 g/mol. The Morgan fingerprint density at radius 1 is 0.654 bits per heavy atom. The molecular weight excluding hydrogens is 318 g/mol. The highest BCUT2D eigenvalue weighted by Crippen LogP contribution is 2.38. The second-order valence-electron chi connectivity index (χ2n) is 6.46.